The summed E-state index contributed by atoms with van der Waals surface area (Å²) in [5.74, 6) is 0. The van der Waals surface area contributed by atoms with Gasteiger partial charge in [-0.1, -0.05) is 182 Å². The zero-order valence-electron chi connectivity index (χ0n) is 41.7. The van der Waals surface area contributed by atoms with Crippen LogP contribution in [0.3, 0.4) is 0 Å². The van der Waals surface area contributed by atoms with Crippen molar-refractivity contribution >= 4 is 100 Å². The summed E-state index contributed by atoms with van der Waals surface area (Å²) in [6.45, 7) is -0.251. The summed E-state index contributed by atoms with van der Waals surface area (Å²) in [5, 5.41) is 7.06. The number of fused-ring (bicyclic) bond motifs is 14. The molecular weight excluding hydrogens is 934 g/mol. The van der Waals surface area contributed by atoms with Crippen LogP contribution in [-0.4, -0.2) is 15.9 Å². The van der Waals surface area contributed by atoms with Gasteiger partial charge >= 0.3 is 6.85 Å². The second kappa shape index (κ2) is 16.2. The number of benzene rings is 12. The number of rotatable bonds is 6. The monoisotopic (exact) mass is 977 g/mol. The fourth-order valence-electron chi connectivity index (χ4n) is 13.3. The minimum Gasteiger partial charge on any atom is -0.455 e. The Morgan fingerprint density at radius 3 is 1.55 bits per heavy atom. The smallest absolute Gasteiger partial charge is 0.333 e. The van der Waals surface area contributed by atoms with Gasteiger partial charge in [-0.2, -0.15) is 0 Å². The predicted octanol–water partition coefficient (Wildman–Crippen LogP) is 17.9. The molecule has 5 heterocycles. The van der Waals surface area contributed by atoms with E-state index in [1.54, 1.807) is 0 Å². The Kier molecular flexibility index (Phi) is 8.90. The van der Waals surface area contributed by atoms with Gasteiger partial charge in [-0.15, -0.1) is 0 Å². The highest BCUT2D eigenvalue weighted by Gasteiger charge is 2.45. The minimum absolute atomic E-state index is 0.251. The normalized spacial score (nSPS) is 12.6. The van der Waals surface area contributed by atoms with E-state index in [-0.39, 0.29) is 6.85 Å². The average Bonchev–Trinajstić information content (AvgIpc) is 4.21. The number of nitrogens with zero attached hydrogens (tertiary/aromatic N) is 3. The van der Waals surface area contributed by atoms with E-state index in [1.807, 2.05) is 0 Å². The maximum atomic E-state index is 7.30. The highest BCUT2D eigenvalue weighted by atomic mass is 16.3. The van der Waals surface area contributed by atoms with Crippen molar-refractivity contribution in [1.82, 2.24) is 9.05 Å². The second-order valence-corrected chi connectivity index (χ2v) is 20.8. The number of para-hydroxylation sites is 3. The Morgan fingerprint density at radius 1 is 0.325 bits per heavy atom. The van der Waals surface area contributed by atoms with Gasteiger partial charge in [0.15, 0.2) is 0 Å². The van der Waals surface area contributed by atoms with E-state index in [9.17, 15) is 0 Å². The maximum absolute atomic E-state index is 7.30. The molecular formula is C72H44BN3O. The van der Waals surface area contributed by atoms with Crippen molar-refractivity contribution in [2.75, 3.05) is 4.90 Å². The average molecular weight is 978 g/mol. The summed E-state index contributed by atoms with van der Waals surface area (Å²) >= 11 is 0. The Bertz CT molecular complexity index is 4850. The van der Waals surface area contributed by atoms with Crippen LogP contribution in [0, 0.1) is 0 Å². The number of anilines is 3. The molecule has 0 atom stereocenters. The van der Waals surface area contributed by atoms with Gasteiger partial charge in [-0.25, -0.2) is 0 Å². The molecule has 12 aromatic carbocycles. The Labute approximate surface area is 444 Å². The zero-order chi connectivity index (χ0) is 50.3. The molecule has 17 rings (SSSR count). The van der Waals surface area contributed by atoms with Crippen LogP contribution < -0.4 is 15.8 Å². The van der Waals surface area contributed by atoms with Gasteiger partial charge in [0.25, 0.3) is 0 Å². The van der Waals surface area contributed by atoms with E-state index in [4.69, 9.17) is 4.42 Å². The van der Waals surface area contributed by atoms with Crippen molar-refractivity contribution in [1.29, 1.82) is 0 Å². The van der Waals surface area contributed by atoms with Gasteiger partial charge in [0.1, 0.15) is 11.2 Å². The van der Waals surface area contributed by atoms with E-state index in [0.717, 1.165) is 61.4 Å². The molecule has 0 N–H and O–H groups in total. The van der Waals surface area contributed by atoms with Crippen LogP contribution in [0.1, 0.15) is 0 Å². The third-order valence-corrected chi connectivity index (χ3v) is 16.6. The molecule has 356 valence electrons. The number of hydrogen-bond donors (Lipinski definition) is 0. The molecule has 3 aromatic heterocycles. The van der Waals surface area contributed by atoms with Crippen LogP contribution >= 0.6 is 0 Å². The molecule has 0 radical (unpaired) electrons. The Hall–Kier alpha value is -10.1. The molecule has 0 unspecified atom stereocenters. The fraction of sp³-hybridized carbons (Fsp3) is 0. The largest absolute Gasteiger partial charge is 0.455 e. The van der Waals surface area contributed by atoms with E-state index < -0.39 is 0 Å². The molecule has 0 bridgehead atoms. The van der Waals surface area contributed by atoms with Crippen molar-refractivity contribution in [2.24, 2.45) is 0 Å². The maximum Gasteiger partial charge on any atom is 0.333 e. The lowest BCUT2D eigenvalue weighted by molar-refractivity contribution is 0.670. The highest BCUT2D eigenvalue weighted by molar-refractivity contribution is 6.90. The molecule has 0 amide bonds. The van der Waals surface area contributed by atoms with Crippen LogP contribution in [0.25, 0.3) is 127 Å². The Balaban J connectivity index is 1.08. The summed E-state index contributed by atoms with van der Waals surface area (Å²) in [5.41, 5.74) is 25.2. The molecule has 0 aliphatic carbocycles. The molecule has 5 heteroatoms. The van der Waals surface area contributed by atoms with E-state index >= 15 is 0 Å². The number of hydrogen-bond acceptors (Lipinski definition) is 2. The van der Waals surface area contributed by atoms with Crippen molar-refractivity contribution < 1.29 is 4.42 Å². The standard InChI is InChI=1S/C72H44BN3O/c1-6-20-45(21-7-1)49-34-35-64-57(39-49)59-40-52(48-26-12-4-13-27-48)41-61-69-70-67(43-60-56-31-17-19-33-68(56)77-72(60)69)75(54-37-50(46-22-8-2-9-23-46)36-51(38-54)47-24-10-3-11-25-47)66-42-58-55-30-16-18-32-63(55)74(53-28-14-5-15-29-53)65(58)44-62(66)73(70)76(64)71(59)61/h1-44H. The van der Waals surface area contributed by atoms with Gasteiger partial charge in [-0.05, 0) is 140 Å². The summed E-state index contributed by atoms with van der Waals surface area (Å²) in [4.78, 5) is 2.60. The number of aromatic nitrogens is 2. The molecule has 4 nitrogen and oxygen atoms in total. The lowest BCUT2D eigenvalue weighted by atomic mass is 9.45. The zero-order valence-corrected chi connectivity index (χ0v) is 41.7. The lowest BCUT2D eigenvalue weighted by Crippen LogP contribution is -2.56. The summed E-state index contributed by atoms with van der Waals surface area (Å²) in [7, 11) is 0. The molecule has 15 aromatic rings. The quantitative estimate of drug-likeness (QED) is 0.155. The summed E-state index contributed by atoms with van der Waals surface area (Å²) in [6.07, 6.45) is 0. The fourth-order valence-corrected chi connectivity index (χ4v) is 13.3. The first-order valence-corrected chi connectivity index (χ1v) is 26.6. The summed E-state index contributed by atoms with van der Waals surface area (Å²) in [6, 6.07) is 98.5. The van der Waals surface area contributed by atoms with Gasteiger partial charge < -0.3 is 18.4 Å². The minimum atomic E-state index is -0.251. The van der Waals surface area contributed by atoms with Crippen molar-refractivity contribution in [3.8, 4) is 61.3 Å². The van der Waals surface area contributed by atoms with Gasteiger partial charge in [-0.3, -0.25) is 0 Å². The van der Waals surface area contributed by atoms with Gasteiger partial charge in [0, 0.05) is 77.2 Å². The van der Waals surface area contributed by atoms with E-state index in [0.29, 0.717) is 0 Å². The summed E-state index contributed by atoms with van der Waals surface area (Å²) < 4.78 is 12.5. The SMILES string of the molecule is c1ccc(-c2cc(-c3ccccc3)cc(N3c4cc5c6ccccc6n(-c6ccccc6)c5cc4B4c5c3cc3c(oc6ccccc63)c5-c3cc(-c5ccccc5)cc5c6cc(-c7ccccc7)ccc6n4c35)c2)cc1. The lowest BCUT2D eigenvalue weighted by Gasteiger charge is -2.41. The highest BCUT2D eigenvalue weighted by Crippen LogP contribution is 2.52. The van der Waals surface area contributed by atoms with Gasteiger partial charge in [0.2, 0.25) is 0 Å². The first-order chi connectivity index (χ1) is 38.2. The predicted molar refractivity (Wildman–Crippen MR) is 323 cm³/mol. The van der Waals surface area contributed by atoms with E-state index in [2.05, 4.69) is 281 Å². The molecule has 2 aliphatic heterocycles. The second-order valence-electron chi connectivity index (χ2n) is 20.8. The van der Waals surface area contributed by atoms with Crippen LogP contribution in [-0.2, 0) is 0 Å². The van der Waals surface area contributed by atoms with E-state index in [1.165, 1.54) is 93.5 Å². The van der Waals surface area contributed by atoms with Crippen LogP contribution in [0.2, 0.25) is 0 Å². The van der Waals surface area contributed by atoms with Crippen molar-refractivity contribution in [2.45, 2.75) is 0 Å². The molecule has 0 fully saturated rings. The number of furan rings is 1. The first-order valence-electron chi connectivity index (χ1n) is 26.6. The third kappa shape index (κ3) is 6.17. The van der Waals surface area contributed by atoms with Crippen LogP contribution in [0.4, 0.5) is 17.1 Å². The molecule has 77 heavy (non-hydrogen) atoms. The Morgan fingerprint density at radius 2 is 0.870 bits per heavy atom. The molecule has 2 aliphatic rings. The molecule has 0 saturated carbocycles. The third-order valence-electron chi connectivity index (χ3n) is 16.6. The van der Waals surface area contributed by atoms with Gasteiger partial charge in [0.05, 0.1) is 11.0 Å². The first kappa shape index (κ1) is 42.3. The van der Waals surface area contributed by atoms with Crippen LogP contribution in [0.5, 0.6) is 0 Å². The van der Waals surface area contributed by atoms with Crippen molar-refractivity contribution in [3.05, 3.63) is 267 Å². The molecule has 0 saturated heterocycles. The van der Waals surface area contributed by atoms with Crippen molar-refractivity contribution in [3.63, 3.8) is 0 Å². The topological polar surface area (TPSA) is 26.2 Å². The molecule has 0 spiro atoms. The van der Waals surface area contributed by atoms with Crippen LogP contribution in [0.15, 0.2) is 271 Å².